The third kappa shape index (κ3) is 3.49. The maximum atomic E-state index is 14.7. The molecule has 0 fully saturated rings. The average Bonchev–Trinajstić information content (AvgIpc) is 3.38. The van der Waals surface area contributed by atoms with Gasteiger partial charge in [0.15, 0.2) is 0 Å². The van der Waals surface area contributed by atoms with Crippen LogP contribution in [0.3, 0.4) is 0 Å². The first kappa shape index (κ1) is 20.7. The molecule has 0 spiro atoms. The van der Waals surface area contributed by atoms with E-state index in [1.165, 1.54) is 24.5 Å². The highest BCUT2D eigenvalue weighted by Crippen LogP contribution is 2.35. The predicted molar refractivity (Wildman–Crippen MR) is 119 cm³/mol. The van der Waals surface area contributed by atoms with Crippen molar-refractivity contribution in [3.05, 3.63) is 69.7 Å². The number of carboxylic acid groups (broad SMARTS) is 1. The van der Waals surface area contributed by atoms with E-state index in [0.717, 1.165) is 16.3 Å². The monoisotopic (exact) mass is 449 g/mol. The van der Waals surface area contributed by atoms with Gasteiger partial charge < -0.3 is 14.8 Å². The molecule has 168 valence electrons. The second-order valence-corrected chi connectivity index (χ2v) is 7.88. The molecule has 0 radical (unpaired) electrons. The number of benzene rings is 1. The van der Waals surface area contributed by atoms with Crippen LogP contribution in [0, 0.1) is 12.7 Å². The number of aryl methyl sites for hydroxylation is 2. The molecule has 0 atom stereocenters. The van der Waals surface area contributed by atoms with Crippen molar-refractivity contribution in [3.63, 3.8) is 0 Å². The number of pyridine rings is 2. The maximum absolute atomic E-state index is 14.7. The van der Waals surface area contributed by atoms with Crippen LogP contribution in [0.4, 0.5) is 15.0 Å². The Morgan fingerprint density at radius 3 is 2.88 bits per heavy atom. The van der Waals surface area contributed by atoms with Crippen LogP contribution >= 0.6 is 0 Å². The molecule has 0 aliphatic carbocycles. The second kappa shape index (κ2) is 7.73. The Labute approximate surface area is 187 Å². The third-order valence-electron chi connectivity index (χ3n) is 5.79. The summed E-state index contributed by atoms with van der Waals surface area (Å²) in [5.74, 6) is 0.137. The van der Waals surface area contributed by atoms with Gasteiger partial charge in [0.1, 0.15) is 17.4 Å². The number of halogens is 1. The van der Waals surface area contributed by atoms with Crippen LogP contribution in [0.5, 0.6) is 5.75 Å². The fourth-order valence-electron chi connectivity index (χ4n) is 4.30. The molecule has 0 bridgehead atoms. The molecule has 1 aliphatic heterocycles. The molecular weight excluding hydrogens is 429 g/mol. The van der Waals surface area contributed by atoms with Crippen molar-refractivity contribution in [2.45, 2.75) is 19.9 Å². The largest absolute Gasteiger partial charge is 0.493 e. The average molecular weight is 449 g/mol. The van der Waals surface area contributed by atoms with Gasteiger partial charge in [0.05, 0.1) is 24.5 Å². The van der Waals surface area contributed by atoms with E-state index in [4.69, 9.17) is 4.74 Å². The first-order valence-electron chi connectivity index (χ1n) is 10.3. The predicted octanol–water partition coefficient (Wildman–Crippen LogP) is 3.39. The summed E-state index contributed by atoms with van der Waals surface area (Å²) in [6, 6.07) is 6.08. The van der Waals surface area contributed by atoms with E-state index >= 15 is 0 Å². The Kier molecular flexibility index (Phi) is 4.85. The van der Waals surface area contributed by atoms with Gasteiger partial charge in [0, 0.05) is 59.4 Å². The van der Waals surface area contributed by atoms with E-state index in [1.54, 1.807) is 17.8 Å². The molecule has 1 amide bonds. The molecule has 3 aromatic heterocycles. The lowest BCUT2D eigenvalue weighted by Gasteiger charge is -2.22. The number of nitrogens with one attached hydrogen (secondary N) is 1. The van der Waals surface area contributed by atoms with Crippen LogP contribution in [-0.2, 0) is 20.0 Å². The van der Waals surface area contributed by atoms with Crippen molar-refractivity contribution in [2.24, 2.45) is 7.05 Å². The number of carbonyl (C=O) groups is 1. The molecule has 1 aromatic carbocycles. The van der Waals surface area contributed by atoms with E-state index in [1.807, 2.05) is 13.0 Å². The van der Waals surface area contributed by atoms with Crippen LogP contribution in [0.25, 0.3) is 22.0 Å². The number of ether oxygens (including phenoxy) is 1. The Morgan fingerprint density at radius 2 is 2.15 bits per heavy atom. The summed E-state index contributed by atoms with van der Waals surface area (Å²) in [6.07, 6.45) is 2.14. The minimum Gasteiger partial charge on any atom is -0.493 e. The van der Waals surface area contributed by atoms with Crippen LogP contribution in [-0.4, -0.2) is 37.6 Å². The van der Waals surface area contributed by atoms with Crippen molar-refractivity contribution in [1.82, 2.24) is 19.7 Å². The molecule has 9 nitrogen and oxygen atoms in total. The highest BCUT2D eigenvalue weighted by molar-refractivity contribution is 6.04. The lowest BCUT2D eigenvalue weighted by atomic mass is 10.0. The molecule has 10 heteroatoms. The zero-order chi connectivity index (χ0) is 23.3. The SMILES string of the molecule is Cc1cc(-c2cnc(N(Cc3c(F)ccc4c3CCO4)C(=O)O)c3c[nH]c(=O)cc23)n(C)n1. The summed E-state index contributed by atoms with van der Waals surface area (Å²) in [6.45, 7) is 2.02. The molecule has 5 rings (SSSR count). The normalized spacial score (nSPS) is 12.6. The lowest BCUT2D eigenvalue weighted by molar-refractivity contribution is 0.201. The van der Waals surface area contributed by atoms with Gasteiger partial charge in [0.25, 0.3) is 0 Å². The van der Waals surface area contributed by atoms with Crippen LogP contribution in [0.2, 0.25) is 0 Å². The number of aromatic nitrogens is 4. The number of hydrogen-bond acceptors (Lipinski definition) is 5. The number of hydrogen-bond donors (Lipinski definition) is 2. The Morgan fingerprint density at radius 1 is 1.33 bits per heavy atom. The molecule has 0 saturated carbocycles. The molecular formula is C23H20FN5O4. The van der Waals surface area contributed by atoms with Gasteiger partial charge in [-0.1, -0.05) is 0 Å². The number of anilines is 1. The molecule has 1 aliphatic rings. The zero-order valence-electron chi connectivity index (χ0n) is 17.9. The van der Waals surface area contributed by atoms with E-state index < -0.39 is 11.9 Å². The van der Waals surface area contributed by atoms with Gasteiger partial charge in [-0.05, 0) is 25.1 Å². The van der Waals surface area contributed by atoms with Crippen molar-refractivity contribution < 1.29 is 19.0 Å². The lowest BCUT2D eigenvalue weighted by Crippen LogP contribution is -2.30. The van der Waals surface area contributed by atoms with Crippen molar-refractivity contribution in [2.75, 3.05) is 11.5 Å². The quantitative estimate of drug-likeness (QED) is 0.494. The van der Waals surface area contributed by atoms with Crippen LogP contribution in [0.15, 0.2) is 41.5 Å². The highest BCUT2D eigenvalue weighted by atomic mass is 19.1. The van der Waals surface area contributed by atoms with E-state index in [2.05, 4.69) is 15.1 Å². The second-order valence-electron chi connectivity index (χ2n) is 7.88. The fourth-order valence-corrected chi connectivity index (χ4v) is 4.30. The van der Waals surface area contributed by atoms with E-state index in [-0.39, 0.29) is 23.5 Å². The standard InChI is InChI=1S/C23H20FN5O4/c1-12-7-19(28(2)27-12)15-9-26-22(16-10-25-21(30)8-14(15)16)29(23(31)32)11-17-13-5-6-33-20(13)4-3-18(17)24/h3-4,7-10H,5-6,11H2,1-2H3,(H,25,30)(H,31,32). The van der Waals surface area contributed by atoms with Crippen LogP contribution < -0.4 is 15.2 Å². The maximum Gasteiger partial charge on any atom is 0.413 e. The molecule has 4 heterocycles. The molecule has 2 N–H and O–H groups in total. The smallest absolute Gasteiger partial charge is 0.413 e. The number of fused-ring (bicyclic) bond motifs is 2. The molecule has 33 heavy (non-hydrogen) atoms. The van der Waals surface area contributed by atoms with Gasteiger partial charge in [-0.25, -0.2) is 14.2 Å². The number of amides is 1. The van der Waals surface area contributed by atoms with Gasteiger partial charge in [0.2, 0.25) is 5.56 Å². The number of H-pyrrole nitrogens is 1. The number of rotatable bonds is 4. The Balaban J connectivity index is 1.68. The minimum absolute atomic E-state index is 0.0901. The van der Waals surface area contributed by atoms with Crippen LogP contribution in [0.1, 0.15) is 16.8 Å². The van der Waals surface area contributed by atoms with Crippen molar-refractivity contribution >= 4 is 22.7 Å². The topological polar surface area (TPSA) is 113 Å². The Bertz CT molecular complexity index is 1480. The summed E-state index contributed by atoms with van der Waals surface area (Å²) in [7, 11) is 1.78. The summed E-state index contributed by atoms with van der Waals surface area (Å²) in [4.78, 5) is 32.4. The number of aromatic amines is 1. The molecule has 4 aromatic rings. The summed E-state index contributed by atoms with van der Waals surface area (Å²) >= 11 is 0. The first-order chi connectivity index (χ1) is 15.8. The Hall–Kier alpha value is -4.21. The highest BCUT2D eigenvalue weighted by Gasteiger charge is 2.26. The van der Waals surface area contributed by atoms with Crippen molar-refractivity contribution in [3.8, 4) is 17.0 Å². The van der Waals surface area contributed by atoms with E-state index in [9.17, 15) is 19.1 Å². The summed E-state index contributed by atoms with van der Waals surface area (Å²) < 4.78 is 21.9. The van der Waals surface area contributed by atoms with Gasteiger partial charge >= 0.3 is 6.09 Å². The van der Waals surface area contributed by atoms with Gasteiger partial charge in [-0.2, -0.15) is 5.10 Å². The fraction of sp³-hybridized carbons (Fsp3) is 0.217. The zero-order valence-corrected chi connectivity index (χ0v) is 17.9. The number of nitrogens with zero attached hydrogens (tertiary/aromatic N) is 4. The minimum atomic E-state index is -1.30. The first-order valence-corrected chi connectivity index (χ1v) is 10.3. The molecule has 0 saturated heterocycles. The third-order valence-corrected chi connectivity index (χ3v) is 5.79. The summed E-state index contributed by atoms with van der Waals surface area (Å²) in [5.41, 5.74) is 2.71. The van der Waals surface area contributed by atoms with E-state index in [0.29, 0.717) is 40.7 Å². The van der Waals surface area contributed by atoms with Gasteiger partial charge in [-0.3, -0.25) is 14.4 Å². The molecule has 0 unspecified atom stereocenters. The summed E-state index contributed by atoms with van der Waals surface area (Å²) in [5, 5.41) is 15.3. The van der Waals surface area contributed by atoms with Gasteiger partial charge in [-0.15, -0.1) is 0 Å². The van der Waals surface area contributed by atoms with Crippen molar-refractivity contribution in [1.29, 1.82) is 0 Å².